The molecule has 8 heteroatoms. The van der Waals surface area contributed by atoms with E-state index >= 15 is 0 Å². The number of hydrazine groups is 1. The maximum atomic E-state index is 12.1. The van der Waals surface area contributed by atoms with Crippen molar-refractivity contribution in [2.24, 2.45) is 0 Å². The van der Waals surface area contributed by atoms with Crippen LogP contribution in [0.1, 0.15) is 6.42 Å². The zero-order chi connectivity index (χ0) is 20.5. The van der Waals surface area contributed by atoms with Crippen molar-refractivity contribution in [1.82, 2.24) is 15.8 Å². The van der Waals surface area contributed by atoms with Gasteiger partial charge in [0.25, 0.3) is 0 Å². The third-order valence-corrected chi connectivity index (χ3v) is 5.00. The standard InChI is InChI=1S/C21H27N5O2S/c1-28-19-9-5-6-17(16-19)22-21(29)24-23-20(27)10-11-25-12-14-26(15-13-25)18-7-3-2-4-8-18/h2-9,16H,10-15H2,1H3,(H,23,27)(H2,22,24,29). The number of ether oxygens (including phenoxy) is 1. The van der Waals surface area contributed by atoms with E-state index in [4.69, 9.17) is 17.0 Å². The lowest BCUT2D eigenvalue weighted by molar-refractivity contribution is -0.122. The Morgan fingerprint density at radius 3 is 2.52 bits per heavy atom. The number of para-hydroxylation sites is 1. The molecule has 0 spiro atoms. The summed E-state index contributed by atoms with van der Waals surface area (Å²) in [6, 6.07) is 17.8. The van der Waals surface area contributed by atoms with Crippen LogP contribution in [0, 0.1) is 0 Å². The molecule has 1 aliphatic heterocycles. The van der Waals surface area contributed by atoms with Gasteiger partial charge in [-0.25, -0.2) is 0 Å². The van der Waals surface area contributed by atoms with E-state index in [0.717, 1.165) is 44.2 Å². The minimum Gasteiger partial charge on any atom is -0.497 e. The Morgan fingerprint density at radius 2 is 1.79 bits per heavy atom. The van der Waals surface area contributed by atoms with E-state index in [-0.39, 0.29) is 5.91 Å². The zero-order valence-corrected chi connectivity index (χ0v) is 17.4. The van der Waals surface area contributed by atoms with E-state index < -0.39 is 0 Å². The largest absolute Gasteiger partial charge is 0.497 e. The fraction of sp³-hybridized carbons (Fsp3) is 0.333. The first-order valence-electron chi connectivity index (χ1n) is 9.66. The molecule has 0 bridgehead atoms. The molecule has 2 aromatic carbocycles. The lowest BCUT2D eigenvalue weighted by atomic mass is 10.2. The monoisotopic (exact) mass is 413 g/mol. The summed E-state index contributed by atoms with van der Waals surface area (Å²) in [4.78, 5) is 16.8. The van der Waals surface area contributed by atoms with Crippen LogP contribution in [0.25, 0.3) is 0 Å². The van der Waals surface area contributed by atoms with Crippen LogP contribution in [-0.2, 0) is 4.79 Å². The Hall–Kier alpha value is -2.84. The molecular weight excluding hydrogens is 386 g/mol. The number of methoxy groups -OCH3 is 1. The minimum atomic E-state index is -0.0923. The summed E-state index contributed by atoms with van der Waals surface area (Å²) >= 11 is 5.21. The predicted molar refractivity (Wildman–Crippen MR) is 120 cm³/mol. The summed E-state index contributed by atoms with van der Waals surface area (Å²) in [5, 5.41) is 3.33. The molecule has 0 aromatic heterocycles. The Balaban J connectivity index is 1.32. The van der Waals surface area contributed by atoms with Gasteiger partial charge in [0.1, 0.15) is 5.75 Å². The maximum absolute atomic E-state index is 12.1. The van der Waals surface area contributed by atoms with E-state index in [9.17, 15) is 4.79 Å². The summed E-state index contributed by atoms with van der Waals surface area (Å²) in [5.74, 6) is 0.638. The van der Waals surface area contributed by atoms with Crippen molar-refractivity contribution in [3.8, 4) is 5.75 Å². The first kappa shape index (κ1) is 20.9. The van der Waals surface area contributed by atoms with Crippen molar-refractivity contribution >= 4 is 34.6 Å². The van der Waals surface area contributed by atoms with Crippen molar-refractivity contribution < 1.29 is 9.53 Å². The Labute approximate surface area is 177 Å². The average molecular weight is 414 g/mol. The second-order valence-corrected chi connectivity index (χ2v) is 7.18. The topological polar surface area (TPSA) is 68.9 Å². The van der Waals surface area contributed by atoms with Gasteiger partial charge in [0.2, 0.25) is 5.91 Å². The normalized spacial score (nSPS) is 14.2. The van der Waals surface area contributed by atoms with Gasteiger partial charge >= 0.3 is 0 Å². The van der Waals surface area contributed by atoms with Gasteiger partial charge in [0, 0.05) is 56.6 Å². The first-order chi connectivity index (χ1) is 14.1. The van der Waals surface area contributed by atoms with E-state index in [2.05, 4.69) is 50.2 Å². The van der Waals surface area contributed by atoms with Gasteiger partial charge < -0.3 is 15.0 Å². The number of benzene rings is 2. The number of rotatable bonds is 6. The SMILES string of the molecule is COc1cccc(NC(=S)NNC(=O)CCN2CCN(c3ccccc3)CC2)c1. The quantitative estimate of drug-likeness (QED) is 0.496. The molecule has 3 rings (SSSR count). The first-order valence-corrected chi connectivity index (χ1v) is 10.1. The van der Waals surface area contributed by atoms with Crippen molar-refractivity contribution in [2.75, 3.05) is 50.1 Å². The lowest BCUT2D eigenvalue weighted by Crippen LogP contribution is -2.48. The second-order valence-electron chi connectivity index (χ2n) is 6.77. The molecule has 1 aliphatic rings. The van der Waals surface area contributed by atoms with Crippen LogP contribution in [0.3, 0.4) is 0 Å². The maximum Gasteiger partial charge on any atom is 0.239 e. The highest BCUT2D eigenvalue weighted by atomic mass is 32.1. The summed E-state index contributed by atoms with van der Waals surface area (Å²) in [5.41, 5.74) is 7.42. The highest BCUT2D eigenvalue weighted by Gasteiger charge is 2.17. The Bertz CT molecular complexity index is 810. The molecule has 1 saturated heterocycles. The fourth-order valence-electron chi connectivity index (χ4n) is 3.18. The Morgan fingerprint density at radius 1 is 1.03 bits per heavy atom. The number of hydrogen-bond acceptors (Lipinski definition) is 5. The molecule has 0 aliphatic carbocycles. The molecule has 7 nitrogen and oxygen atoms in total. The van der Waals surface area contributed by atoms with E-state index in [1.807, 2.05) is 30.3 Å². The number of carbonyl (C=O) groups is 1. The van der Waals surface area contributed by atoms with Crippen LogP contribution in [0.2, 0.25) is 0 Å². The van der Waals surface area contributed by atoms with Gasteiger partial charge in [-0.1, -0.05) is 24.3 Å². The number of nitrogens with zero attached hydrogens (tertiary/aromatic N) is 2. The van der Waals surface area contributed by atoms with E-state index in [1.54, 1.807) is 7.11 Å². The van der Waals surface area contributed by atoms with Gasteiger partial charge in [0.05, 0.1) is 7.11 Å². The van der Waals surface area contributed by atoms with Gasteiger partial charge in [-0.05, 0) is 36.5 Å². The molecule has 154 valence electrons. The van der Waals surface area contributed by atoms with Crippen molar-refractivity contribution in [3.05, 3.63) is 54.6 Å². The van der Waals surface area contributed by atoms with Crippen molar-refractivity contribution in [3.63, 3.8) is 0 Å². The molecule has 3 N–H and O–H groups in total. The molecule has 0 unspecified atom stereocenters. The highest BCUT2D eigenvalue weighted by Crippen LogP contribution is 2.17. The molecule has 2 aromatic rings. The number of thiocarbonyl (C=S) groups is 1. The van der Waals surface area contributed by atoms with Crippen LogP contribution in [0.15, 0.2) is 54.6 Å². The number of carbonyl (C=O) groups excluding carboxylic acids is 1. The Kier molecular flexibility index (Phi) is 7.66. The number of hydrogen-bond donors (Lipinski definition) is 3. The van der Waals surface area contributed by atoms with Gasteiger partial charge in [-0.15, -0.1) is 0 Å². The third kappa shape index (κ3) is 6.62. The molecule has 29 heavy (non-hydrogen) atoms. The van der Waals surface area contributed by atoms with Gasteiger partial charge in [-0.2, -0.15) is 0 Å². The molecule has 0 atom stereocenters. The van der Waals surface area contributed by atoms with Gasteiger partial charge in [-0.3, -0.25) is 20.5 Å². The minimum absolute atomic E-state index is 0.0923. The number of piperazine rings is 1. The predicted octanol–water partition coefficient (Wildman–Crippen LogP) is 2.23. The molecule has 1 heterocycles. The zero-order valence-electron chi connectivity index (χ0n) is 16.6. The average Bonchev–Trinajstić information content (AvgIpc) is 2.77. The summed E-state index contributed by atoms with van der Waals surface area (Å²) < 4.78 is 5.17. The second kappa shape index (κ2) is 10.6. The summed E-state index contributed by atoms with van der Waals surface area (Å²) in [7, 11) is 1.61. The van der Waals surface area contributed by atoms with Crippen LogP contribution in [-0.4, -0.2) is 55.8 Å². The van der Waals surface area contributed by atoms with Crippen molar-refractivity contribution in [1.29, 1.82) is 0 Å². The number of amides is 1. The van der Waals surface area contributed by atoms with E-state index in [1.165, 1.54) is 5.69 Å². The molecule has 1 fully saturated rings. The smallest absolute Gasteiger partial charge is 0.239 e. The van der Waals surface area contributed by atoms with Crippen LogP contribution in [0.5, 0.6) is 5.75 Å². The molecule has 1 amide bonds. The highest BCUT2D eigenvalue weighted by molar-refractivity contribution is 7.80. The van der Waals surface area contributed by atoms with Crippen LogP contribution in [0.4, 0.5) is 11.4 Å². The molecule has 0 saturated carbocycles. The van der Waals surface area contributed by atoms with Crippen LogP contribution >= 0.6 is 12.2 Å². The van der Waals surface area contributed by atoms with Crippen molar-refractivity contribution in [2.45, 2.75) is 6.42 Å². The number of nitrogens with one attached hydrogen (secondary N) is 3. The lowest BCUT2D eigenvalue weighted by Gasteiger charge is -2.36. The van der Waals surface area contributed by atoms with Crippen LogP contribution < -0.4 is 25.8 Å². The molecule has 0 radical (unpaired) electrons. The summed E-state index contributed by atoms with van der Waals surface area (Å²) in [6.45, 7) is 4.57. The van der Waals surface area contributed by atoms with E-state index in [0.29, 0.717) is 11.5 Å². The summed E-state index contributed by atoms with van der Waals surface area (Å²) in [6.07, 6.45) is 0.417. The van der Waals surface area contributed by atoms with Gasteiger partial charge in [0.15, 0.2) is 5.11 Å². The third-order valence-electron chi connectivity index (χ3n) is 4.79. The number of anilines is 2. The fourth-order valence-corrected chi connectivity index (χ4v) is 3.35. The molecular formula is C21H27N5O2S.